The first-order valence-electron chi connectivity index (χ1n) is 5.99. The first-order chi connectivity index (χ1) is 8.55. The maximum Gasteiger partial charge on any atom is 0.235 e. The molecule has 18 heavy (non-hydrogen) atoms. The van der Waals surface area contributed by atoms with Crippen LogP contribution in [0.3, 0.4) is 0 Å². The fourth-order valence-corrected chi connectivity index (χ4v) is 3.31. The summed E-state index contributed by atoms with van der Waals surface area (Å²) in [6.45, 7) is 4.05. The Morgan fingerprint density at radius 3 is 2.50 bits per heavy atom. The molecule has 0 radical (unpaired) electrons. The number of aliphatic imine (C=N–C) groups is 1. The lowest BCUT2D eigenvalue weighted by molar-refractivity contribution is 0.244. The monoisotopic (exact) mass is 309 g/mol. The van der Waals surface area contributed by atoms with Crippen molar-refractivity contribution < 1.29 is 9.53 Å². The van der Waals surface area contributed by atoms with Crippen molar-refractivity contribution >= 4 is 22.0 Å². The normalized spacial score (nSPS) is 16.7. The van der Waals surface area contributed by atoms with Crippen molar-refractivity contribution in [3.8, 4) is 5.75 Å². The fraction of sp³-hybridized carbons (Fsp3) is 0.500. The lowest BCUT2D eigenvalue weighted by Crippen LogP contribution is -2.33. The average Bonchev–Trinajstić information content (AvgIpc) is 2.28. The zero-order chi connectivity index (χ0) is 13.3. The maximum absolute atomic E-state index is 10.7. The van der Waals surface area contributed by atoms with E-state index in [1.165, 1.54) is 0 Å². The summed E-state index contributed by atoms with van der Waals surface area (Å²) in [5.41, 5.74) is 2.76. The molecule has 0 N–H and O–H groups in total. The molecule has 1 saturated carbocycles. The van der Waals surface area contributed by atoms with Crippen LogP contribution in [-0.2, 0) is 10.3 Å². The molecule has 1 aliphatic rings. The summed E-state index contributed by atoms with van der Waals surface area (Å²) < 4.78 is 6.51. The molecule has 3 nitrogen and oxygen atoms in total. The fourth-order valence-electron chi connectivity index (χ4n) is 2.64. The van der Waals surface area contributed by atoms with E-state index >= 15 is 0 Å². The molecule has 1 aromatic carbocycles. The van der Waals surface area contributed by atoms with E-state index < -0.39 is 5.54 Å². The van der Waals surface area contributed by atoms with Crippen LogP contribution in [0.15, 0.2) is 15.5 Å². The lowest BCUT2D eigenvalue weighted by atomic mass is 9.71. The van der Waals surface area contributed by atoms with Crippen LogP contribution in [-0.4, -0.2) is 13.2 Å². The van der Waals surface area contributed by atoms with Crippen LogP contribution in [0.25, 0.3) is 0 Å². The highest BCUT2D eigenvalue weighted by Gasteiger charge is 2.43. The Balaban J connectivity index is 2.72. The topological polar surface area (TPSA) is 38.7 Å². The molecule has 0 unspecified atom stereocenters. The molecule has 0 spiro atoms. The Hall–Kier alpha value is -1.12. The quantitative estimate of drug-likeness (QED) is 0.629. The molecule has 0 amide bonds. The van der Waals surface area contributed by atoms with Crippen molar-refractivity contribution in [3.63, 3.8) is 0 Å². The van der Waals surface area contributed by atoms with Crippen LogP contribution in [0.4, 0.5) is 0 Å². The van der Waals surface area contributed by atoms with Crippen LogP contribution in [0.2, 0.25) is 0 Å². The number of nitrogens with zero attached hydrogens (tertiary/aromatic N) is 1. The molecular formula is C14H16BrNO2. The summed E-state index contributed by atoms with van der Waals surface area (Å²) in [5, 5.41) is 0. The van der Waals surface area contributed by atoms with Crippen molar-refractivity contribution in [2.75, 3.05) is 7.11 Å². The highest BCUT2D eigenvalue weighted by atomic mass is 79.9. The Labute approximate surface area is 115 Å². The summed E-state index contributed by atoms with van der Waals surface area (Å²) >= 11 is 3.62. The van der Waals surface area contributed by atoms with E-state index in [-0.39, 0.29) is 0 Å². The van der Waals surface area contributed by atoms with Gasteiger partial charge in [-0.3, -0.25) is 0 Å². The number of rotatable bonds is 3. The number of methoxy groups -OCH3 is 1. The largest absolute Gasteiger partial charge is 0.496 e. The second kappa shape index (κ2) is 4.87. The first-order valence-corrected chi connectivity index (χ1v) is 6.78. The van der Waals surface area contributed by atoms with Gasteiger partial charge in [-0.1, -0.05) is 22.0 Å². The minimum Gasteiger partial charge on any atom is -0.496 e. The van der Waals surface area contributed by atoms with Gasteiger partial charge in [0.15, 0.2) is 0 Å². The van der Waals surface area contributed by atoms with Crippen molar-refractivity contribution in [1.29, 1.82) is 0 Å². The average molecular weight is 310 g/mol. The highest BCUT2D eigenvalue weighted by molar-refractivity contribution is 9.10. The van der Waals surface area contributed by atoms with Crippen molar-refractivity contribution in [1.82, 2.24) is 0 Å². The van der Waals surface area contributed by atoms with Gasteiger partial charge >= 0.3 is 0 Å². The highest BCUT2D eigenvalue weighted by Crippen LogP contribution is 2.52. The van der Waals surface area contributed by atoms with Gasteiger partial charge in [0, 0.05) is 10.0 Å². The van der Waals surface area contributed by atoms with Crippen molar-refractivity contribution in [3.05, 3.63) is 27.2 Å². The van der Waals surface area contributed by atoms with Gasteiger partial charge in [-0.05, 0) is 44.2 Å². The number of halogens is 1. The van der Waals surface area contributed by atoms with Gasteiger partial charge in [0.25, 0.3) is 0 Å². The molecule has 96 valence electrons. The molecule has 0 heterocycles. The third kappa shape index (κ3) is 1.90. The maximum atomic E-state index is 10.7. The van der Waals surface area contributed by atoms with Gasteiger partial charge < -0.3 is 4.74 Å². The second-order valence-electron chi connectivity index (χ2n) is 4.82. The van der Waals surface area contributed by atoms with E-state index in [1.54, 1.807) is 13.2 Å². The van der Waals surface area contributed by atoms with E-state index in [4.69, 9.17) is 4.74 Å². The zero-order valence-corrected chi connectivity index (χ0v) is 12.4. The first kappa shape index (κ1) is 13.3. The SMILES string of the molecule is COc1c(C)cc(C)c(Br)c1C1(N=C=O)CCC1. The number of ether oxygens (including phenoxy) is 1. The predicted octanol–water partition coefficient (Wildman–Crippen LogP) is 3.79. The standard InChI is InChI=1S/C14H16BrNO2/c1-9-7-10(2)13(18-3)11(12(9)15)14(16-8-17)5-4-6-14/h7H,4-6H2,1-3H3. The second-order valence-corrected chi connectivity index (χ2v) is 5.61. The summed E-state index contributed by atoms with van der Waals surface area (Å²) in [4.78, 5) is 14.8. The summed E-state index contributed by atoms with van der Waals surface area (Å²) in [7, 11) is 1.66. The van der Waals surface area contributed by atoms with Crippen LogP contribution < -0.4 is 4.74 Å². The third-order valence-corrected chi connectivity index (χ3v) is 4.72. The molecule has 1 aliphatic carbocycles. The number of carbonyl (C=O) groups excluding carboxylic acids is 1. The predicted molar refractivity (Wildman–Crippen MR) is 73.8 cm³/mol. The number of isocyanates is 1. The number of hydrogen-bond donors (Lipinski definition) is 0. The molecule has 1 fully saturated rings. The van der Waals surface area contributed by atoms with E-state index in [1.807, 2.05) is 13.8 Å². The third-order valence-electron chi connectivity index (χ3n) is 3.69. The molecule has 1 aromatic rings. The van der Waals surface area contributed by atoms with Crippen molar-refractivity contribution in [2.45, 2.75) is 38.6 Å². The van der Waals surface area contributed by atoms with E-state index in [0.29, 0.717) is 0 Å². The Kier molecular flexibility index (Phi) is 3.60. The van der Waals surface area contributed by atoms with Gasteiger partial charge in [0.05, 0.1) is 7.11 Å². The Morgan fingerprint density at radius 1 is 1.39 bits per heavy atom. The van der Waals surface area contributed by atoms with Gasteiger partial charge in [0.1, 0.15) is 11.3 Å². The number of aryl methyl sites for hydroxylation is 2. The van der Waals surface area contributed by atoms with Crippen LogP contribution >= 0.6 is 15.9 Å². The Bertz CT molecular complexity index is 529. The minimum absolute atomic E-state index is 0.442. The molecule has 0 aliphatic heterocycles. The van der Waals surface area contributed by atoms with Gasteiger partial charge in [-0.25, -0.2) is 4.79 Å². The van der Waals surface area contributed by atoms with Crippen LogP contribution in [0.5, 0.6) is 5.75 Å². The van der Waals surface area contributed by atoms with Crippen LogP contribution in [0, 0.1) is 13.8 Å². The minimum atomic E-state index is -0.442. The molecule has 0 atom stereocenters. The van der Waals surface area contributed by atoms with E-state index in [9.17, 15) is 4.79 Å². The molecule has 0 saturated heterocycles. The van der Waals surface area contributed by atoms with E-state index in [0.717, 1.165) is 46.2 Å². The Morgan fingerprint density at radius 2 is 2.06 bits per heavy atom. The van der Waals surface area contributed by atoms with Crippen molar-refractivity contribution in [2.24, 2.45) is 4.99 Å². The summed E-state index contributed by atoms with van der Waals surface area (Å²) in [6.07, 6.45) is 4.55. The lowest BCUT2D eigenvalue weighted by Gasteiger charge is -2.39. The molecule has 2 rings (SSSR count). The summed E-state index contributed by atoms with van der Waals surface area (Å²) in [6, 6.07) is 2.07. The van der Waals surface area contributed by atoms with Gasteiger partial charge in [-0.2, -0.15) is 4.99 Å². The smallest absolute Gasteiger partial charge is 0.235 e. The molecular weight excluding hydrogens is 294 g/mol. The van der Waals surface area contributed by atoms with Gasteiger partial charge in [-0.15, -0.1) is 0 Å². The number of hydrogen-bond acceptors (Lipinski definition) is 3. The molecule has 0 bridgehead atoms. The number of benzene rings is 1. The van der Waals surface area contributed by atoms with E-state index in [2.05, 4.69) is 27.0 Å². The van der Waals surface area contributed by atoms with Gasteiger partial charge in [0.2, 0.25) is 6.08 Å². The molecule has 4 heteroatoms. The zero-order valence-electron chi connectivity index (χ0n) is 10.8. The summed E-state index contributed by atoms with van der Waals surface area (Å²) in [5.74, 6) is 0.825. The van der Waals surface area contributed by atoms with Crippen LogP contribution in [0.1, 0.15) is 36.0 Å². The molecule has 0 aromatic heterocycles.